The first-order chi connectivity index (χ1) is 13.4. The van der Waals surface area contributed by atoms with Crippen molar-refractivity contribution in [3.8, 4) is 0 Å². The second kappa shape index (κ2) is 7.26. The number of hydrogen-bond donors (Lipinski definition) is 1. The molecule has 0 spiro atoms. The standard InChI is InChI=1S/C24H31N4/c1-16-10-12-20(13-11-16)17(2)18(3)25-24-22-9-7-6-8-21(22)23-14-15-28(24,5)19(4)26-27-23/h6-13,17-18,24-25H,14-15H2,1-5H3/q+1. The van der Waals surface area contributed by atoms with Gasteiger partial charge in [-0.15, -0.1) is 5.10 Å². The van der Waals surface area contributed by atoms with Crippen LogP contribution in [-0.4, -0.2) is 35.7 Å². The van der Waals surface area contributed by atoms with E-state index in [1.165, 1.54) is 22.3 Å². The third-order valence-corrected chi connectivity index (χ3v) is 6.78. The minimum Gasteiger partial charge on any atom is -0.261 e. The molecule has 0 fully saturated rings. The number of fused-ring (bicyclic) bond motifs is 5. The lowest BCUT2D eigenvalue weighted by molar-refractivity contribution is -0.858. The molecule has 2 aliphatic rings. The van der Waals surface area contributed by atoms with E-state index in [9.17, 15) is 0 Å². The molecule has 0 aliphatic carbocycles. The highest BCUT2D eigenvalue weighted by molar-refractivity contribution is 6.03. The number of amidine groups is 1. The van der Waals surface area contributed by atoms with Crippen LogP contribution in [0.4, 0.5) is 0 Å². The Labute approximate surface area is 168 Å². The Morgan fingerprint density at radius 3 is 2.46 bits per heavy atom. The second-order valence-corrected chi connectivity index (χ2v) is 8.58. The van der Waals surface area contributed by atoms with Gasteiger partial charge in [0.05, 0.1) is 19.3 Å². The van der Waals surface area contributed by atoms with Crippen LogP contribution in [0.2, 0.25) is 0 Å². The van der Waals surface area contributed by atoms with E-state index in [2.05, 4.69) is 98.8 Å². The van der Waals surface area contributed by atoms with Gasteiger partial charge in [0.2, 0.25) is 5.84 Å². The van der Waals surface area contributed by atoms with E-state index >= 15 is 0 Å². The third-order valence-electron chi connectivity index (χ3n) is 6.78. The molecule has 4 heteroatoms. The Hall–Kier alpha value is -2.30. The van der Waals surface area contributed by atoms with Crippen LogP contribution in [0.15, 0.2) is 58.7 Å². The maximum Gasteiger partial charge on any atom is 0.220 e. The molecule has 4 atom stereocenters. The van der Waals surface area contributed by atoms with Gasteiger partial charge >= 0.3 is 0 Å². The van der Waals surface area contributed by atoms with Gasteiger partial charge in [0.25, 0.3) is 0 Å². The van der Waals surface area contributed by atoms with Gasteiger partial charge in [-0.3, -0.25) is 9.80 Å². The molecule has 2 aromatic carbocycles. The maximum atomic E-state index is 4.59. The van der Waals surface area contributed by atoms with Crippen molar-refractivity contribution in [1.82, 2.24) is 5.32 Å². The van der Waals surface area contributed by atoms with Crippen LogP contribution in [0.5, 0.6) is 0 Å². The molecule has 28 heavy (non-hydrogen) atoms. The van der Waals surface area contributed by atoms with Gasteiger partial charge in [-0.05, 0) is 25.3 Å². The lowest BCUT2D eigenvalue weighted by atomic mass is 9.92. The minimum absolute atomic E-state index is 0.163. The van der Waals surface area contributed by atoms with Crippen molar-refractivity contribution in [2.75, 3.05) is 13.6 Å². The van der Waals surface area contributed by atoms with Crippen LogP contribution in [0, 0.1) is 6.92 Å². The van der Waals surface area contributed by atoms with E-state index in [-0.39, 0.29) is 6.17 Å². The third kappa shape index (κ3) is 3.21. The highest BCUT2D eigenvalue weighted by Gasteiger charge is 2.44. The topological polar surface area (TPSA) is 36.8 Å². The van der Waals surface area contributed by atoms with Crippen molar-refractivity contribution < 1.29 is 4.48 Å². The van der Waals surface area contributed by atoms with Gasteiger partial charge in [0, 0.05) is 30.5 Å². The predicted molar refractivity (Wildman–Crippen MR) is 117 cm³/mol. The van der Waals surface area contributed by atoms with Crippen molar-refractivity contribution in [1.29, 1.82) is 0 Å². The zero-order valence-electron chi connectivity index (χ0n) is 17.6. The summed E-state index contributed by atoms with van der Waals surface area (Å²) >= 11 is 0. The van der Waals surface area contributed by atoms with Crippen LogP contribution in [0.25, 0.3) is 0 Å². The number of hydrogen-bond acceptors (Lipinski definition) is 3. The molecule has 4 rings (SSSR count). The summed E-state index contributed by atoms with van der Waals surface area (Å²) in [6, 6.07) is 18.0. The molecular formula is C24H31N4+. The molecule has 4 nitrogen and oxygen atoms in total. The van der Waals surface area contributed by atoms with Crippen molar-refractivity contribution in [3.63, 3.8) is 0 Å². The first-order valence-electron chi connectivity index (χ1n) is 10.3. The summed E-state index contributed by atoms with van der Waals surface area (Å²) in [5.41, 5.74) is 6.37. The highest BCUT2D eigenvalue weighted by atomic mass is 15.5. The fourth-order valence-corrected chi connectivity index (χ4v) is 4.40. The number of benzene rings is 2. The Morgan fingerprint density at radius 1 is 1.00 bits per heavy atom. The molecular weight excluding hydrogens is 344 g/mol. The lowest BCUT2D eigenvalue weighted by Gasteiger charge is -2.41. The maximum absolute atomic E-state index is 4.59. The zero-order valence-corrected chi connectivity index (χ0v) is 17.6. The molecule has 2 aliphatic heterocycles. The predicted octanol–water partition coefficient (Wildman–Crippen LogP) is 4.76. The monoisotopic (exact) mass is 375 g/mol. The van der Waals surface area contributed by atoms with Gasteiger partial charge in [-0.2, -0.15) is 0 Å². The van der Waals surface area contributed by atoms with Gasteiger partial charge in [-0.1, -0.05) is 66.1 Å². The van der Waals surface area contributed by atoms with Gasteiger partial charge in [-0.25, -0.2) is 0 Å². The molecule has 0 saturated heterocycles. The molecule has 0 radical (unpaired) electrons. The Bertz CT molecular complexity index is 928. The normalized spacial score (nSPS) is 25.8. The quantitative estimate of drug-likeness (QED) is 0.769. The molecule has 146 valence electrons. The minimum atomic E-state index is 0.163. The Morgan fingerprint density at radius 2 is 1.71 bits per heavy atom. The molecule has 2 bridgehead atoms. The average molecular weight is 376 g/mol. The number of nitrogens with zero attached hydrogens (tertiary/aromatic N) is 3. The van der Waals surface area contributed by atoms with E-state index in [0.29, 0.717) is 12.0 Å². The first kappa shape index (κ1) is 19.0. The van der Waals surface area contributed by atoms with Crippen LogP contribution < -0.4 is 5.32 Å². The largest absolute Gasteiger partial charge is 0.261 e. The van der Waals surface area contributed by atoms with Crippen molar-refractivity contribution in [3.05, 3.63) is 70.8 Å². The van der Waals surface area contributed by atoms with Gasteiger partial charge in [0.1, 0.15) is 0 Å². The van der Waals surface area contributed by atoms with E-state index in [1.807, 2.05) is 0 Å². The molecule has 2 heterocycles. The number of aryl methyl sites for hydroxylation is 1. The van der Waals surface area contributed by atoms with E-state index in [1.54, 1.807) is 0 Å². The molecule has 4 unspecified atom stereocenters. The smallest absolute Gasteiger partial charge is 0.220 e. The SMILES string of the molecule is CC1=NN=C2CC[N+]1(C)C(NC(C)C(C)c1ccc(C)cc1)c1ccccc12. The number of quaternary nitrogens is 1. The van der Waals surface area contributed by atoms with Crippen LogP contribution >= 0.6 is 0 Å². The van der Waals surface area contributed by atoms with Crippen molar-refractivity contribution in [2.45, 2.75) is 52.2 Å². The van der Waals surface area contributed by atoms with E-state index in [0.717, 1.165) is 29.0 Å². The summed E-state index contributed by atoms with van der Waals surface area (Å²) in [4.78, 5) is 0. The average Bonchev–Trinajstić information content (AvgIpc) is 2.92. The molecule has 2 aromatic rings. The second-order valence-electron chi connectivity index (χ2n) is 8.58. The lowest BCUT2D eigenvalue weighted by Crippen LogP contribution is -2.57. The Kier molecular flexibility index (Phi) is 4.94. The molecule has 1 N–H and O–H groups in total. The van der Waals surface area contributed by atoms with Crippen LogP contribution in [-0.2, 0) is 0 Å². The fourth-order valence-electron chi connectivity index (χ4n) is 4.40. The summed E-state index contributed by atoms with van der Waals surface area (Å²) < 4.78 is 0.759. The number of nitrogens with one attached hydrogen (secondary N) is 1. The fraction of sp³-hybridized carbons (Fsp3) is 0.417. The number of rotatable bonds is 4. The zero-order chi connectivity index (χ0) is 19.9. The van der Waals surface area contributed by atoms with Crippen LogP contribution in [0.3, 0.4) is 0 Å². The molecule has 0 amide bonds. The molecule has 0 saturated carbocycles. The highest BCUT2D eigenvalue weighted by Crippen LogP contribution is 2.36. The molecule has 0 aromatic heterocycles. The van der Waals surface area contributed by atoms with E-state index in [4.69, 9.17) is 0 Å². The summed E-state index contributed by atoms with van der Waals surface area (Å²) in [5.74, 6) is 1.48. The summed E-state index contributed by atoms with van der Waals surface area (Å²) in [6.07, 6.45) is 1.12. The summed E-state index contributed by atoms with van der Waals surface area (Å²) in [7, 11) is 2.29. The van der Waals surface area contributed by atoms with Gasteiger partial charge < -0.3 is 0 Å². The van der Waals surface area contributed by atoms with Crippen molar-refractivity contribution in [2.24, 2.45) is 10.2 Å². The van der Waals surface area contributed by atoms with E-state index < -0.39 is 0 Å². The Balaban J connectivity index is 1.71. The summed E-state index contributed by atoms with van der Waals surface area (Å²) in [5, 5.41) is 13.2. The first-order valence-corrected chi connectivity index (χ1v) is 10.3. The summed E-state index contributed by atoms with van der Waals surface area (Å²) in [6.45, 7) is 9.88. The van der Waals surface area contributed by atoms with Crippen LogP contribution in [0.1, 0.15) is 61.5 Å². The van der Waals surface area contributed by atoms with Gasteiger partial charge in [0.15, 0.2) is 6.17 Å². The van der Waals surface area contributed by atoms with Crippen molar-refractivity contribution >= 4 is 11.5 Å².